The van der Waals surface area contributed by atoms with Crippen molar-refractivity contribution in [3.05, 3.63) is 24.0 Å². The molecule has 3 nitrogen and oxygen atoms in total. The first-order valence-corrected chi connectivity index (χ1v) is 6.63. The first-order valence-electron chi connectivity index (χ1n) is 6.63. The van der Waals surface area contributed by atoms with Crippen LogP contribution in [-0.2, 0) is 6.54 Å². The molecule has 1 N–H and O–H groups in total. The molecule has 2 rings (SSSR count). The Hall–Kier alpha value is -1.09. The van der Waals surface area contributed by atoms with Gasteiger partial charge in [0.2, 0.25) is 0 Å². The highest BCUT2D eigenvalue weighted by molar-refractivity contribution is 5.54. The van der Waals surface area contributed by atoms with Crippen LogP contribution in [0.25, 0.3) is 0 Å². The van der Waals surface area contributed by atoms with Gasteiger partial charge >= 0.3 is 0 Å². The molecule has 0 aliphatic carbocycles. The number of nitrogens with zero attached hydrogens (tertiary/aromatic N) is 2. The molecule has 0 saturated carbocycles. The molecule has 17 heavy (non-hydrogen) atoms. The van der Waals surface area contributed by atoms with Gasteiger partial charge in [-0.05, 0) is 39.3 Å². The highest BCUT2D eigenvalue weighted by Gasteiger charge is 2.30. The number of aromatic nitrogens is 1. The Morgan fingerprint density at radius 2 is 2.29 bits per heavy atom. The van der Waals surface area contributed by atoms with Crippen molar-refractivity contribution >= 4 is 5.69 Å². The van der Waals surface area contributed by atoms with E-state index in [-0.39, 0.29) is 0 Å². The largest absolute Gasteiger partial charge is 0.365 e. The van der Waals surface area contributed by atoms with Crippen molar-refractivity contribution < 1.29 is 0 Å². The number of pyridine rings is 1. The average Bonchev–Trinajstić information content (AvgIpc) is 2.72. The first-order chi connectivity index (χ1) is 8.27. The number of hydrogen-bond donors (Lipinski definition) is 1. The van der Waals surface area contributed by atoms with E-state index in [1.54, 1.807) is 0 Å². The van der Waals surface area contributed by atoms with Crippen LogP contribution in [0.3, 0.4) is 0 Å². The SMILES string of the molecule is CCC1CCC(C)N1c1ccncc1CNC. The van der Waals surface area contributed by atoms with Gasteiger partial charge in [-0.15, -0.1) is 0 Å². The molecule has 0 amide bonds. The molecule has 0 aromatic carbocycles. The van der Waals surface area contributed by atoms with Gasteiger partial charge in [-0.2, -0.15) is 0 Å². The molecule has 2 atom stereocenters. The summed E-state index contributed by atoms with van der Waals surface area (Å²) >= 11 is 0. The number of nitrogens with one attached hydrogen (secondary N) is 1. The summed E-state index contributed by atoms with van der Waals surface area (Å²) in [5.41, 5.74) is 2.67. The second-order valence-electron chi connectivity index (χ2n) is 4.93. The van der Waals surface area contributed by atoms with Crippen LogP contribution in [0.15, 0.2) is 18.5 Å². The fraction of sp³-hybridized carbons (Fsp3) is 0.643. The number of rotatable bonds is 4. The lowest BCUT2D eigenvalue weighted by molar-refractivity contribution is 0.623. The second-order valence-corrected chi connectivity index (χ2v) is 4.93. The van der Waals surface area contributed by atoms with Gasteiger partial charge in [-0.25, -0.2) is 0 Å². The fourth-order valence-corrected chi connectivity index (χ4v) is 2.90. The van der Waals surface area contributed by atoms with Crippen molar-refractivity contribution in [1.82, 2.24) is 10.3 Å². The Balaban J connectivity index is 2.31. The molecule has 1 aliphatic rings. The summed E-state index contributed by atoms with van der Waals surface area (Å²) in [6.07, 6.45) is 7.75. The summed E-state index contributed by atoms with van der Waals surface area (Å²) in [6.45, 7) is 5.51. The quantitative estimate of drug-likeness (QED) is 0.866. The standard InChI is InChI=1S/C14H23N3/c1-4-13-6-5-11(2)17(13)14-7-8-16-10-12(14)9-15-3/h7-8,10-11,13,15H,4-6,9H2,1-3H3. The molecule has 94 valence electrons. The van der Waals surface area contributed by atoms with E-state index in [4.69, 9.17) is 0 Å². The van der Waals surface area contributed by atoms with Crippen LogP contribution < -0.4 is 10.2 Å². The predicted octanol–water partition coefficient (Wildman–Crippen LogP) is 2.57. The van der Waals surface area contributed by atoms with Gasteiger partial charge in [-0.1, -0.05) is 6.92 Å². The Morgan fingerprint density at radius 1 is 1.47 bits per heavy atom. The Bertz CT molecular complexity index is 364. The smallest absolute Gasteiger partial charge is 0.0447 e. The van der Waals surface area contributed by atoms with Crippen molar-refractivity contribution in [2.24, 2.45) is 0 Å². The van der Waals surface area contributed by atoms with Crippen molar-refractivity contribution in [2.75, 3.05) is 11.9 Å². The summed E-state index contributed by atoms with van der Waals surface area (Å²) in [6, 6.07) is 3.51. The first kappa shape index (κ1) is 12.4. The van der Waals surface area contributed by atoms with Crippen molar-refractivity contribution in [3.8, 4) is 0 Å². The Kier molecular flexibility index (Phi) is 4.00. The lowest BCUT2D eigenvalue weighted by Gasteiger charge is -2.32. The molecule has 2 heterocycles. The van der Waals surface area contributed by atoms with Crippen LogP contribution in [0.4, 0.5) is 5.69 Å². The van der Waals surface area contributed by atoms with Gasteiger partial charge in [0.15, 0.2) is 0 Å². The lowest BCUT2D eigenvalue weighted by atomic mass is 10.1. The highest BCUT2D eigenvalue weighted by atomic mass is 15.2. The molecule has 1 aromatic heterocycles. The molecule has 0 radical (unpaired) electrons. The molecular weight excluding hydrogens is 210 g/mol. The number of hydrogen-bond acceptors (Lipinski definition) is 3. The summed E-state index contributed by atoms with van der Waals surface area (Å²) in [7, 11) is 1.99. The molecule has 1 aliphatic heterocycles. The fourth-order valence-electron chi connectivity index (χ4n) is 2.90. The maximum absolute atomic E-state index is 4.24. The third-order valence-electron chi connectivity index (χ3n) is 3.78. The predicted molar refractivity (Wildman–Crippen MR) is 72.3 cm³/mol. The Morgan fingerprint density at radius 3 is 3.00 bits per heavy atom. The molecule has 1 aromatic rings. The van der Waals surface area contributed by atoms with Gasteiger partial charge < -0.3 is 10.2 Å². The van der Waals surface area contributed by atoms with Crippen LogP contribution in [0.5, 0.6) is 0 Å². The zero-order chi connectivity index (χ0) is 12.3. The zero-order valence-corrected chi connectivity index (χ0v) is 11.1. The van der Waals surface area contributed by atoms with Gasteiger partial charge in [-0.3, -0.25) is 4.98 Å². The molecule has 0 bridgehead atoms. The van der Waals surface area contributed by atoms with Gasteiger partial charge in [0, 0.05) is 42.3 Å². The van der Waals surface area contributed by atoms with Gasteiger partial charge in [0.25, 0.3) is 0 Å². The van der Waals surface area contributed by atoms with E-state index >= 15 is 0 Å². The van der Waals surface area contributed by atoms with E-state index < -0.39 is 0 Å². The minimum Gasteiger partial charge on any atom is -0.365 e. The molecule has 3 heteroatoms. The van der Waals surface area contributed by atoms with Crippen molar-refractivity contribution in [2.45, 2.75) is 51.7 Å². The molecule has 1 saturated heterocycles. The van der Waals surface area contributed by atoms with Crippen LogP contribution in [0.1, 0.15) is 38.7 Å². The normalized spacial score (nSPS) is 24.3. The summed E-state index contributed by atoms with van der Waals surface area (Å²) < 4.78 is 0. The van der Waals surface area contributed by atoms with E-state index in [1.807, 2.05) is 19.4 Å². The lowest BCUT2D eigenvalue weighted by Crippen LogP contribution is -2.35. The van der Waals surface area contributed by atoms with E-state index in [2.05, 4.69) is 35.1 Å². The summed E-state index contributed by atoms with van der Waals surface area (Å²) in [5.74, 6) is 0. The number of anilines is 1. The third-order valence-corrected chi connectivity index (χ3v) is 3.78. The molecule has 0 spiro atoms. The summed E-state index contributed by atoms with van der Waals surface area (Å²) in [5, 5.41) is 3.23. The van der Waals surface area contributed by atoms with Crippen LogP contribution in [-0.4, -0.2) is 24.1 Å². The summed E-state index contributed by atoms with van der Waals surface area (Å²) in [4.78, 5) is 6.84. The molecule has 1 fully saturated rings. The van der Waals surface area contributed by atoms with E-state index in [0.717, 1.165) is 6.54 Å². The minimum atomic E-state index is 0.651. The third kappa shape index (κ3) is 2.44. The van der Waals surface area contributed by atoms with Crippen molar-refractivity contribution in [1.29, 1.82) is 0 Å². The molecular formula is C14H23N3. The zero-order valence-electron chi connectivity index (χ0n) is 11.1. The maximum atomic E-state index is 4.24. The topological polar surface area (TPSA) is 28.2 Å². The van der Waals surface area contributed by atoms with Crippen LogP contribution >= 0.6 is 0 Å². The highest BCUT2D eigenvalue weighted by Crippen LogP contribution is 2.33. The van der Waals surface area contributed by atoms with Gasteiger partial charge in [0.05, 0.1) is 0 Å². The van der Waals surface area contributed by atoms with Crippen LogP contribution in [0, 0.1) is 0 Å². The van der Waals surface area contributed by atoms with Crippen LogP contribution in [0.2, 0.25) is 0 Å². The van der Waals surface area contributed by atoms with E-state index in [1.165, 1.54) is 30.5 Å². The van der Waals surface area contributed by atoms with E-state index in [9.17, 15) is 0 Å². The molecule has 2 unspecified atom stereocenters. The second kappa shape index (κ2) is 5.50. The maximum Gasteiger partial charge on any atom is 0.0447 e. The van der Waals surface area contributed by atoms with E-state index in [0.29, 0.717) is 12.1 Å². The average molecular weight is 233 g/mol. The van der Waals surface area contributed by atoms with Gasteiger partial charge in [0.1, 0.15) is 0 Å². The Labute approximate surface area is 104 Å². The minimum absolute atomic E-state index is 0.651. The monoisotopic (exact) mass is 233 g/mol. The van der Waals surface area contributed by atoms with Crippen molar-refractivity contribution in [3.63, 3.8) is 0 Å².